The van der Waals surface area contributed by atoms with Crippen molar-refractivity contribution in [2.24, 2.45) is 4.99 Å². The van der Waals surface area contributed by atoms with Gasteiger partial charge < -0.3 is 14.9 Å². The van der Waals surface area contributed by atoms with E-state index in [-0.39, 0.29) is 12.2 Å². The number of aliphatic imine (C=N–C) groups is 1. The van der Waals surface area contributed by atoms with E-state index in [1.807, 2.05) is 0 Å². The Morgan fingerprint density at radius 3 is 2.86 bits per heavy atom. The van der Waals surface area contributed by atoms with Crippen LogP contribution in [0.1, 0.15) is 25.7 Å². The molecular formula is C14H17N2O6+. The highest BCUT2D eigenvalue weighted by molar-refractivity contribution is 6.40. The largest absolute Gasteiger partial charge is 0.477 e. The topological polar surface area (TPSA) is 116 Å². The Morgan fingerprint density at radius 2 is 2.23 bits per heavy atom. The van der Waals surface area contributed by atoms with Crippen molar-refractivity contribution in [1.29, 1.82) is 0 Å². The Hall–Kier alpha value is -2.51. The maximum absolute atomic E-state index is 11.1. The molecule has 2 rings (SSSR count). The minimum atomic E-state index is -1.19. The predicted molar refractivity (Wildman–Crippen MR) is 75.2 cm³/mol. The molecule has 118 valence electrons. The Kier molecular flexibility index (Phi) is 5.03. The maximum Gasteiger partial charge on any atom is 0.372 e. The smallest absolute Gasteiger partial charge is 0.372 e. The summed E-state index contributed by atoms with van der Waals surface area (Å²) in [4.78, 5) is 36.4. The van der Waals surface area contributed by atoms with Crippen molar-refractivity contribution in [3.05, 3.63) is 11.6 Å². The zero-order valence-corrected chi connectivity index (χ0v) is 11.8. The zero-order chi connectivity index (χ0) is 16.1. The fourth-order valence-corrected chi connectivity index (χ4v) is 2.62. The second-order valence-corrected chi connectivity index (χ2v) is 5.13. The van der Waals surface area contributed by atoms with Crippen molar-refractivity contribution >= 4 is 30.3 Å². The van der Waals surface area contributed by atoms with Gasteiger partial charge in [-0.25, -0.2) is 19.2 Å². The van der Waals surface area contributed by atoms with Crippen LogP contribution >= 0.6 is 0 Å². The quantitative estimate of drug-likeness (QED) is 0.529. The molecule has 8 heteroatoms. The molecule has 0 radical (unpaired) electrons. The van der Waals surface area contributed by atoms with Gasteiger partial charge in [-0.3, -0.25) is 4.79 Å². The molecule has 1 fully saturated rings. The fraction of sp³-hybridized carbons (Fsp3) is 0.500. The van der Waals surface area contributed by atoms with Crippen LogP contribution in [0, 0.1) is 0 Å². The number of aliphatic carboxylic acids is 2. The van der Waals surface area contributed by atoms with Crippen LogP contribution in [0.5, 0.6) is 0 Å². The molecule has 8 nitrogen and oxygen atoms in total. The Morgan fingerprint density at radius 1 is 1.45 bits per heavy atom. The van der Waals surface area contributed by atoms with Crippen LogP contribution in [0.3, 0.4) is 0 Å². The Bertz CT molecular complexity index is 578. The molecule has 0 amide bonds. The van der Waals surface area contributed by atoms with E-state index in [0.29, 0.717) is 25.8 Å². The summed E-state index contributed by atoms with van der Waals surface area (Å²) < 4.78 is 6.49. The minimum absolute atomic E-state index is 0.169. The number of carbonyl (C=O) groups is 3. The number of carboxylic acids is 2. The van der Waals surface area contributed by atoms with Crippen LogP contribution in [0.4, 0.5) is 0 Å². The molecule has 0 unspecified atom stereocenters. The van der Waals surface area contributed by atoms with E-state index in [9.17, 15) is 14.4 Å². The van der Waals surface area contributed by atoms with Gasteiger partial charge in [0.05, 0.1) is 0 Å². The molecule has 2 N–H and O–H groups in total. The highest BCUT2D eigenvalue weighted by atomic mass is 16.5. The van der Waals surface area contributed by atoms with Gasteiger partial charge in [-0.2, -0.15) is 0 Å². The number of carbonyl (C=O) groups excluding carboxylic acids is 1. The lowest BCUT2D eigenvalue weighted by atomic mass is 10.0. The summed E-state index contributed by atoms with van der Waals surface area (Å²) in [5.74, 6) is -2.05. The summed E-state index contributed by atoms with van der Waals surface area (Å²) in [5, 5.41) is 18.1. The zero-order valence-electron chi connectivity index (χ0n) is 11.8. The molecule has 1 saturated heterocycles. The molecule has 0 bridgehead atoms. The second kappa shape index (κ2) is 6.97. The maximum atomic E-state index is 11.1. The second-order valence-electron chi connectivity index (χ2n) is 5.13. The highest BCUT2D eigenvalue weighted by Crippen LogP contribution is 2.19. The van der Waals surface area contributed by atoms with E-state index in [2.05, 4.69) is 4.99 Å². The van der Waals surface area contributed by atoms with Gasteiger partial charge in [0, 0.05) is 25.7 Å². The standard InChI is InChI=1S/C14H16N2O6/c17-8-22-12-7-9(6-10(15-12)13(18)19)3-5-16-4-1-2-11(16)14(20)21/h5-6,8,11-12H,1-4,7H2,(H-,18,19,20,21)/p+1/t11-,12+/m0/s1. The first kappa shape index (κ1) is 15.9. The molecular weight excluding hydrogens is 292 g/mol. The van der Waals surface area contributed by atoms with E-state index in [1.165, 1.54) is 6.08 Å². The van der Waals surface area contributed by atoms with Crippen LogP contribution in [0.25, 0.3) is 0 Å². The van der Waals surface area contributed by atoms with E-state index < -0.39 is 24.2 Å². The molecule has 0 aromatic heterocycles. The third kappa shape index (κ3) is 3.78. The molecule has 0 aromatic carbocycles. The summed E-state index contributed by atoms with van der Waals surface area (Å²) in [5.41, 5.74) is 0.563. The summed E-state index contributed by atoms with van der Waals surface area (Å²) >= 11 is 0. The van der Waals surface area contributed by atoms with Gasteiger partial charge in [-0.15, -0.1) is 0 Å². The Balaban J connectivity index is 2.11. The van der Waals surface area contributed by atoms with Crippen LogP contribution in [0.2, 0.25) is 0 Å². The summed E-state index contributed by atoms with van der Waals surface area (Å²) in [6, 6.07) is -0.529. The summed E-state index contributed by atoms with van der Waals surface area (Å²) in [7, 11) is 0. The van der Waals surface area contributed by atoms with Gasteiger partial charge in [0.2, 0.25) is 6.04 Å². The monoisotopic (exact) mass is 309 g/mol. The van der Waals surface area contributed by atoms with Crippen LogP contribution in [-0.4, -0.2) is 63.9 Å². The number of nitrogens with zero attached hydrogens (tertiary/aromatic N) is 2. The van der Waals surface area contributed by atoms with Gasteiger partial charge in [0.15, 0.2) is 6.23 Å². The SMILES string of the molecule is O=CO[C@@H]1CC(CC=[N+]2CCC[C@H]2C(=O)O)=CC(C(=O)O)=N1. The number of carboxylic acid groups (broad SMARTS) is 2. The fourth-order valence-electron chi connectivity index (χ4n) is 2.62. The minimum Gasteiger partial charge on any atom is -0.477 e. The molecule has 2 atom stereocenters. The lowest BCUT2D eigenvalue weighted by Crippen LogP contribution is -2.29. The number of rotatable bonds is 6. The number of hydrogen-bond donors (Lipinski definition) is 2. The van der Waals surface area contributed by atoms with Crippen molar-refractivity contribution < 1.29 is 33.9 Å². The van der Waals surface area contributed by atoms with Crippen molar-refractivity contribution in [1.82, 2.24) is 0 Å². The molecule has 22 heavy (non-hydrogen) atoms. The molecule has 0 spiro atoms. The predicted octanol–water partition coefficient (Wildman–Crippen LogP) is 0.0616. The van der Waals surface area contributed by atoms with Crippen molar-refractivity contribution in [2.45, 2.75) is 38.0 Å². The van der Waals surface area contributed by atoms with Gasteiger partial charge in [-0.05, 0) is 6.08 Å². The van der Waals surface area contributed by atoms with Gasteiger partial charge in [0.25, 0.3) is 6.47 Å². The average molecular weight is 309 g/mol. The molecule has 0 aromatic rings. The first-order valence-corrected chi connectivity index (χ1v) is 6.92. The Labute approximate surface area is 126 Å². The van der Waals surface area contributed by atoms with E-state index in [0.717, 1.165) is 12.0 Å². The van der Waals surface area contributed by atoms with E-state index in [4.69, 9.17) is 14.9 Å². The number of hydrogen-bond acceptors (Lipinski definition) is 5. The van der Waals surface area contributed by atoms with Crippen molar-refractivity contribution in [2.75, 3.05) is 6.54 Å². The normalized spacial score (nSPS) is 26.3. The van der Waals surface area contributed by atoms with Crippen LogP contribution in [-0.2, 0) is 19.1 Å². The summed E-state index contributed by atoms with van der Waals surface area (Å²) in [6.45, 7) is 0.902. The third-order valence-corrected chi connectivity index (χ3v) is 3.66. The van der Waals surface area contributed by atoms with Gasteiger partial charge >= 0.3 is 11.9 Å². The molecule has 0 aliphatic carbocycles. The highest BCUT2D eigenvalue weighted by Gasteiger charge is 2.34. The number of ether oxygens (including phenoxy) is 1. The van der Waals surface area contributed by atoms with Crippen molar-refractivity contribution in [3.63, 3.8) is 0 Å². The molecule has 2 aliphatic heterocycles. The molecule has 2 heterocycles. The average Bonchev–Trinajstić information content (AvgIpc) is 2.94. The number of dihydropyridines is 1. The molecule has 0 saturated carbocycles. The van der Waals surface area contributed by atoms with Gasteiger partial charge in [0.1, 0.15) is 18.5 Å². The van der Waals surface area contributed by atoms with Crippen molar-refractivity contribution in [3.8, 4) is 0 Å². The van der Waals surface area contributed by atoms with Crippen LogP contribution in [0.15, 0.2) is 16.6 Å². The third-order valence-electron chi connectivity index (χ3n) is 3.66. The van der Waals surface area contributed by atoms with E-state index >= 15 is 0 Å². The van der Waals surface area contributed by atoms with E-state index in [1.54, 1.807) is 10.8 Å². The lowest BCUT2D eigenvalue weighted by Gasteiger charge is -2.17. The lowest BCUT2D eigenvalue weighted by molar-refractivity contribution is -0.529. The summed E-state index contributed by atoms with van der Waals surface area (Å²) in [6.07, 6.45) is 4.47. The first-order valence-electron chi connectivity index (χ1n) is 6.92. The molecule has 2 aliphatic rings. The van der Waals surface area contributed by atoms with Crippen LogP contribution < -0.4 is 0 Å². The first-order chi connectivity index (χ1) is 10.5. The van der Waals surface area contributed by atoms with Gasteiger partial charge in [-0.1, -0.05) is 5.57 Å².